The van der Waals surface area contributed by atoms with Crippen LogP contribution in [-0.4, -0.2) is 5.78 Å². The summed E-state index contributed by atoms with van der Waals surface area (Å²) in [6, 6.07) is 20.8. The summed E-state index contributed by atoms with van der Waals surface area (Å²) >= 11 is 0. The molecule has 0 unspecified atom stereocenters. The number of unbranched alkanes of at least 4 members (excludes halogenated alkanes) is 4. The third-order valence-corrected chi connectivity index (χ3v) is 4.39. The number of benzene rings is 2. The first-order chi connectivity index (χ1) is 11.3. The number of ketones is 1. The summed E-state index contributed by atoms with van der Waals surface area (Å²) in [6.07, 6.45) is 7.34. The van der Waals surface area contributed by atoms with E-state index in [1.165, 1.54) is 36.8 Å². The molecule has 0 aromatic heterocycles. The summed E-state index contributed by atoms with van der Waals surface area (Å²) < 4.78 is 0. The highest BCUT2D eigenvalue weighted by Gasteiger charge is 2.17. The maximum atomic E-state index is 12.4. The van der Waals surface area contributed by atoms with Gasteiger partial charge in [-0.15, -0.1) is 0 Å². The van der Waals surface area contributed by atoms with E-state index < -0.39 is 0 Å². The number of hydrogen-bond acceptors (Lipinski definition) is 1. The van der Waals surface area contributed by atoms with Gasteiger partial charge in [0.15, 0.2) is 0 Å². The van der Waals surface area contributed by atoms with Gasteiger partial charge in [-0.05, 0) is 17.5 Å². The molecule has 0 aliphatic rings. The summed E-state index contributed by atoms with van der Waals surface area (Å²) in [7, 11) is 0. The van der Waals surface area contributed by atoms with Crippen LogP contribution in [0.2, 0.25) is 0 Å². The SMILES string of the molecule is CCCCCCCC(=O)CC(c1ccccc1)c1ccccc1. The lowest BCUT2D eigenvalue weighted by Gasteiger charge is -2.17. The predicted molar refractivity (Wildman–Crippen MR) is 97.7 cm³/mol. The molecule has 1 nitrogen and oxygen atoms in total. The molecular formula is C22H28O. The Bertz CT molecular complexity index is 520. The van der Waals surface area contributed by atoms with Gasteiger partial charge in [0.05, 0.1) is 0 Å². The van der Waals surface area contributed by atoms with Crippen molar-refractivity contribution in [3.63, 3.8) is 0 Å². The smallest absolute Gasteiger partial charge is 0.133 e. The maximum Gasteiger partial charge on any atom is 0.133 e. The predicted octanol–water partition coefficient (Wildman–Crippen LogP) is 6.14. The van der Waals surface area contributed by atoms with Crippen molar-refractivity contribution in [3.05, 3.63) is 71.8 Å². The molecule has 23 heavy (non-hydrogen) atoms. The monoisotopic (exact) mass is 308 g/mol. The van der Waals surface area contributed by atoms with Crippen LogP contribution < -0.4 is 0 Å². The van der Waals surface area contributed by atoms with E-state index >= 15 is 0 Å². The van der Waals surface area contributed by atoms with E-state index in [0.29, 0.717) is 12.2 Å². The van der Waals surface area contributed by atoms with Crippen LogP contribution in [0.1, 0.15) is 68.9 Å². The Morgan fingerprint density at radius 2 is 1.30 bits per heavy atom. The van der Waals surface area contributed by atoms with Crippen LogP contribution in [0.4, 0.5) is 0 Å². The Labute approximate surface area is 140 Å². The lowest BCUT2D eigenvalue weighted by molar-refractivity contribution is -0.119. The average molecular weight is 308 g/mol. The zero-order valence-electron chi connectivity index (χ0n) is 14.2. The molecule has 0 saturated heterocycles. The second-order valence-electron chi connectivity index (χ2n) is 6.28. The molecule has 2 rings (SSSR count). The molecule has 2 aromatic carbocycles. The van der Waals surface area contributed by atoms with E-state index in [9.17, 15) is 4.79 Å². The molecule has 2 aromatic rings. The van der Waals surface area contributed by atoms with Gasteiger partial charge in [-0.3, -0.25) is 4.79 Å². The standard InChI is InChI=1S/C22H28O/c1-2-3-4-5-12-17-21(23)18-22(19-13-8-6-9-14-19)20-15-10-7-11-16-20/h6-11,13-16,22H,2-5,12,17-18H2,1H3. The largest absolute Gasteiger partial charge is 0.300 e. The molecule has 1 heteroatoms. The third kappa shape index (κ3) is 6.02. The van der Waals surface area contributed by atoms with Crippen LogP contribution in [0.15, 0.2) is 60.7 Å². The van der Waals surface area contributed by atoms with Crippen LogP contribution in [0.3, 0.4) is 0 Å². The highest BCUT2D eigenvalue weighted by atomic mass is 16.1. The minimum atomic E-state index is 0.181. The van der Waals surface area contributed by atoms with Crippen molar-refractivity contribution in [2.45, 2.75) is 57.8 Å². The Hall–Kier alpha value is -1.89. The Kier molecular flexibility index (Phi) is 7.59. The molecule has 0 N–H and O–H groups in total. The zero-order chi connectivity index (χ0) is 16.3. The lowest BCUT2D eigenvalue weighted by atomic mass is 9.86. The highest BCUT2D eigenvalue weighted by Crippen LogP contribution is 2.28. The van der Waals surface area contributed by atoms with E-state index in [0.717, 1.165) is 12.8 Å². The highest BCUT2D eigenvalue weighted by molar-refractivity contribution is 5.79. The fourth-order valence-corrected chi connectivity index (χ4v) is 3.05. The number of carbonyl (C=O) groups excluding carboxylic acids is 1. The first-order valence-corrected chi connectivity index (χ1v) is 8.93. The molecule has 0 saturated carbocycles. The van der Waals surface area contributed by atoms with Gasteiger partial charge in [0, 0.05) is 18.8 Å². The van der Waals surface area contributed by atoms with Gasteiger partial charge in [-0.1, -0.05) is 93.3 Å². The Morgan fingerprint density at radius 1 is 0.783 bits per heavy atom. The minimum Gasteiger partial charge on any atom is -0.300 e. The molecular weight excluding hydrogens is 280 g/mol. The lowest BCUT2D eigenvalue weighted by Crippen LogP contribution is -2.08. The average Bonchev–Trinajstić information content (AvgIpc) is 2.61. The molecule has 0 aliphatic heterocycles. The Morgan fingerprint density at radius 3 is 1.83 bits per heavy atom. The molecule has 0 atom stereocenters. The van der Waals surface area contributed by atoms with Crippen LogP contribution >= 0.6 is 0 Å². The van der Waals surface area contributed by atoms with Crippen molar-refractivity contribution in [2.75, 3.05) is 0 Å². The van der Waals surface area contributed by atoms with E-state index in [4.69, 9.17) is 0 Å². The first-order valence-electron chi connectivity index (χ1n) is 8.93. The van der Waals surface area contributed by atoms with E-state index in [1.54, 1.807) is 0 Å². The zero-order valence-corrected chi connectivity index (χ0v) is 14.2. The fraction of sp³-hybridized carbons (Fsp3) is 0.409. The number of carbonyl (C=O) groups is 1. The van der Waals surface area contributed by atoms with Crippen molar-refractivity contribution < 1.29 is 4.79 Å². The second kappa shape index (κ2) is 9.99. The normalized spacial score (nSPS) is 10.9. The summed E-state index contributed by atoms with van der Waals surface area (Å²) in [5.74, 6) is 0.569. The van der Waals surface area contributed by atoms with E-state index in [-0.39, 0.29) is 5.92 Å². The van der Waals surface area contributed by atoms with Gasteiger partial charge in [-0.2, -0.15) is 0 Å². The van der Waals surface area contributed by atoms with Crippen LogP contribution in [-0.2, 0) is 4.79 Å². The Balaban J connectivity index is 1.97. The van der Waals surface area contributed by atoms with Crippen LogP contribution in [0.25, 0.3) is 0 Å². The summed E-state index contributed by atoms with van der Waals surface area (Å²) in [4.78, 5) is 12.4. The van der Waals surface area contributed by atoms with Crippen molar-refractivity contribution in [3.8, 4) is 0 Å². The van der Waals surface area contributed by atoms with Crippen molar-refractivity contribution in [2.24, 2.45) is 0 Å². The second-order valence-corrected chi connectivity index (χ2v) is 6.28. The van der Waals surface area contributed by atoms with Crippen molar-refractivity contribution in [1.29, 1.82) is 0 Å². The molecule has 0 amide bonds. The molecule has 0 radical (unpaired) electrons. The van der Waals surface area contributed by atoms with Gasteiger partial charge in [0.2, 0.25) is 0 Å². The molecule has 0 fully saturated rings. The molecule has 122 valence electrons. The summed E-state index contributed by atoms with van der Waals surface area (Å²) in [6.45, 7) is 2.22. The molecule has 0 bridgehead atoms. The van der Waals surface area contributed by atoms with Crippen LogP contribution in [0.5, 0.6) is 0 Å². The van der Waals surface area contributed by atoms with Crippen molar-refractivity contribution >= 4 is 5.78 Å². The molecule has 0 spiro atoms. The quantitative estimate of drug-likeness (QED) is 0.482. The summed E-state index contributed by atoms with van der Waals surface area (Å²) in [5, 5.41) is 0. The maximum absolute atomic E-state index is 12.4. The van der Waals surface area contributed by atoms with Gasteiger partial charge in [0.1, 0.15) is 5.78 Å². The number of hydrogen-bond donors (Lipinski definition) is 0. The molecule has 0 aliphatic carbocycles. The minimum absolute atomic E-state index is 0.181. The van der Waals surface area contributed by atoms with E-state index in [1.807, 2.05) is 12.1 Å². The van der Waals surface area contributed by atoms with Crippen molar-refractivity contribution in [1.82, 2.24) is 0 Å². The molecule has 0 heterocycles. The third-order valence-electron chi connectivity index (χ3n) is 4.39. The summed E-state index contributed by atoms with van der Waals surface area (Å²) in [5.41, 5.74) is 2.47. The first kappa shape index (κ1) is 17.5. The van der Waals surface area contributed by atoms with Gasteiger partial charge < -0.3 is 0 Å². The van der Waals surface area contributed by atoms with Gasteiger partial charge in [0.25, 0.3) is 0 Å². The van der Waals surface area contributed by atoms with Gasteiger partial charge >= 0.3 is 0 Å². The van der Waals surface area contributed by atoms with Crippen LogP contribution in [0, 0.1) is 0 Å². The number of Topliss-reactive ketones (excluding diaryl/α,β-unsaturated/α-hetero) is 1. The van der Waals surface area contributed by atoms with E-state index in [2.05, 4.69) is 55.5 Å². The number of rotatable bonds is 10. The van der Waals surface area contributed by atoms with Gasteiger partial charge in [-0.25, -0.2) is 0 Å². The fourth-order valence-electron chi connectivity index (χ4n) is 3.05. The topological polar surface area (TPSA) is 17.1 Å².